The molecule has 1 aromatic carbocycles. The number of amides is 2. The Bertz CT molecular complexity index is 899. The van der Waals surface area contributed by atoms with Crippen LogP contribution in [-0.4, -0.2) is 42.7 Å². The van der Waals surface area contributed by atoms with Crippen molar-refractivity contribution in [2.75, 3.05) is 19.6 Å². The highest BCUT2D eigenvalue weighted by atomic mass is 19.4. The van der Waals surface area contributed by atoms with E-state index in [1.54, 1.807) is 11.0 Å². The number of piperidine rings is 1. The van der Waals surface area contributed by atoms with Crippen molar-refractivity contribution in [1.29, 1.82) is 0 Å². The van der Waals surface area contributed by atoms with Gasteiger partial charge in [0.25, 0.3) is 0 Å². The third-order valence-corrected chi connectivity index (χ3v) is 6.24. The van der Waals surface area contributed by atoms with Crippen LogP contribution in [0.15, 0.2) is 42.2 Å². The highest BCUT2D eigenvalue weighted by Crippen LogP contribution is 2.52. The standard InChI is InChI=1S/C22H28F3N5O3/c23-22(24,25)33-18-4-1-15(2-5-18)3-6-19(31)30-9-7-21(8-10-30)11-16(12-21)20(32)28-14-17(13-26)29-27/h1-6,13,16,29H,7-12,14,26-27H2,(H,28,32)/b6-3+,17-13-. The fraction of sp³-hybridized carbons (Fsp3) is 0.455. The molecular weight excluding hydrogens is 439 g/mol. The van der Waals surface area contributed by atoms with E-state index < -0.39 is 6.36 Å². The second-order valence-corrected chi connectivity index (χ2v) is 8.43. The highest BCUT2D eigenvalue weighted by Gasteiger charge is 2.48. The number of ether oxygens (including phenoxy) is 1. The Morgan fingerprint density at radius 3 is 2.36 bits per heavy atom. The summed E-state index contributed by atoms with van der Waals surface area (Å²) in [5.41, 5.74) is 9.02. The summed E-state index contributed by atoms with van der Waals surface area (Å²) >= 11 is 0. The molecule has 2 aliphatic rings. The SMILES string of the molecule is N/C=C(/CNC(=O)C1CC2(CCN(C(=O)/C=C/c3ccc(OC(F)(F)F)cc3)CC2)C1)NN. The Kier molecular flexibility index (Phi) is 7.52. The van der Waals surface area contributed by atoms with Crippen molar-refractivity contribution < 1.29 is 27.5 Å². The Labute approximate surface area is 189 Å². The van der Waals surface area contributed by atoms with Crippen LogP contribution in [-0.2, 0) is 9.59 Å². The number of benzene rings is 1. The molecule has 1 saturated carbocycles. The van der Waals surface area contributed by atoms with Crippen molar-refractivity contribution in [1.82, 2.24) is 15.6 Å². The van der Waals surface area contributed by atoms with Crippen molar-refractivity contribution in [3.63, 3.8) is 0 Å². The monoisotopic (exact) mass is 467 g/mol. The molecule has 2 fully saturated rings. The number of likely N-dealkylation sites (tertiary alicyclic amines) is 1. The van der Waals surface area contributed by atoms with Crippen LogP contribution in [0.2, 0.25) is 0 Å². The Morgan fingerprint density at radius 1 is 1.18 bits per heavy atom. The van der Waals surface area contributed by atoms with Crippen LogP contribution in [0, 0.1) is 11.3 Å². The summed E-state index contributed by atoms with van der Waals surface area (Å²) in [5, 5.41) is 2.82. The first-order valence-electron chi connectivity index (χ1n) is 10.6. The zero-order valence-electron chi connectivity index (χ0n) is 18.0. The van der Waals surface area contributed by atoms with Crippen molar-refractivity contribution >= 4 is 17.9 Å². The van der Waals surface area contributed by atoms with Crippen LogP contribution >= 0.6 is 0 Å². The molecule has 1 aliphatic carbocycles. The molecule has 0 atom stereocenters. The molecule has 11 heteroatoms. The molecule has 0 radical (unpaired) electrons. The van der Waals surface area contributed by atoms with Crippen LogP contribution in [0.3, 0.4) is 0 Å². The lowest BCUT2D eigenvalue weighted by Gasteiger charge is -2.51. The molecule has 6 N–H and O–H groups in total. The van der Waals surface area contributed by atoms with Crippen LogP contribution in [0.4, 0.5) is 13.2 Å². The molecule has 33 heavy (non-hydrogen) atoms. The van der Waals surface area contributed by atoms with Gasteiger partial charge in [-0.15, -0.1) is 13.2 Å². The lowest BCUT2D eigenvalue weighted by Crippen LogP contribution is -2.52. The second kappa shape index (κ2) is 10.2. The molecular formula is C22H28F3N5O3. The zero-order chi connectivity index (χ0) is 24.1. The van der Waals surface area contributed by atoms with Crippen molar-refractivity contribution in [2.45, 2.75) is 32.0 Å². The van der Waals surface area contributed by atoms with E-state index in [-0.39, 0.29) is 35.4 Å². The van der Waals surface area contributed by atoms with Crippen LogP contribution in [0.25, 0.3) is 6.08 Å². The molecule has 3 rings (SSSR count). The maximum Gasteiger partial charge on any atom is 0.573 e. The van der Waals surface area contributed by atoms with Gasteiger partial charge in [0.15, 0.2) is 0 Å². The number of carbonyl (C=O) groups is 2. The Balaban J connectivity index is 1.42. The molecule has 8 nitrogen and oxygen atoms in total. The maximum atomic E-state index is 12.5. The average molecular weight is 467 g/mol. The first-order chi connectivity index (χ1) is 15.6. The quantitative estimate of drug-likeness (QED) is 0.276. The summed E-state index contributed by atoms with van der Waals surface area (Å²) in [7, 11) is 0. The minimum Gasteiger partial charge on any atom is -0.406 e. The largest absolute Gasteiger partial charge is 0.573 e. The number of nitrogens with zero attached hydrogens (tertiary/aromatic N) is 1. The van der Waals surface area contributed by atoms with E-state index in [0.29, 0.717) is 24.4 Å². The molecule has 1 spiro atoms. The highest BCUT2D eigenvalue weighted by molar-refractivity contribution is 5.91. The zero-order valence-corrected chi connectivity index (χ0v) is 18.0. The number of nitrogens with one attached hydrogen (secondary N) is 2. The number of rotatable bonds is 7. The number of nitrogens with two attached hydrogens (primary N) is 2. The van der Waals surface area contributed by atoms with E-state index >= 15 is 0 Å². The van der Waals surface area contributed by atoms with Crippen molar-refractivity contribution in [3.8, 4) is 5.75 Å². The minimum absolute atomic E-state index is 0.0247. The third-order valence-electron chi connectivity index (χ3n) is 6.24. The number of alkyl halides is 3. The number of halogens is 3. The van der Waals surface area contributed by atoms with Gasteiger partial charge in [0.2, 0.25) is 11.8 Å². The van der Waals surface area contributed by atoms with Crippen molar-refractivity contribution in [2.24, 2.45) is 22.9 Å². The molecule has 1 heterocycles. The predicted octanol–water partition coefficient (Wildman–Crippen LogP) is 2.00. The van der Waals surface area contributed by atoms with Gasteiger partial charge in [-0.1, -0.05) is 12.1 Å². The molecule has 0 bridgehead atoms. The first-order valence-corrected chi connectivity index (χ1v) is 10.6. The van der Waals surface area contributed by atoms with Crippen LogP contribution in [0.5, 0.6) is 5.75 Å². The molecule has 2 amide bonds. The minimum atomic E-state index is -4.74. The van der Waals surface area contributed by atoms with Gasteiger partial charge in [-0.3, -0.25) is 15.4 Å². The molecule has 0 aromatic heterocycles. The predicted molar refractivity (Wildman–Crippen MR) is 116 cm³/mol. The van der Waals surface area contributed by atoms with E-state index in [2.05, 4.69) is 15.5 Å². The smallest absolute Gasteiger partial charge is 0.406 e. The summed E-state index contributed by atoms with van der Waals surface area (Å²) in [6, 6.07) is 5.30. The number of carbonyl (C=O) groups excluding carboxylic acids is 2. The fourth-order valence-corrected chi connectivity index (χ4v) is 4.32. The summed E-state index contributed by atoms with van der Waals surface area (Å²) in [6.07, 6.45) is 2.80. The summed E-state index contributed by atoms with van der Waals surface area (Å²) in [5.74, 6) is 4.76. The number of hydrazine groups is 1. The van der Waals surface area contributed by atoms with Gasteiger partial charge in [0.05, 0.1) is 12.2 Å². The lowest BCUT2D eigenvalue weighted by molar-refractivity contribution is -0.274. The topological polar surface area (TPSA) is 123 Å². The van der Waals surface area contributed by atoms with E-state index in [1.807, 2.05) is 0 Å². The maximum absolute atomic E-state index is 12.5. The molecule has 1 aromatic rings. The first kappa shape index (κ1) is 24.4. The van der Waals surface area contributed by atoms with Crippen molar-refractivity contribution in [3.05, 3.63) is 47.8 Å². The van der Waals surface area contributed by atoms with E-state index in [4.69, 9.17) is 11.6 Å². The van der Waals surface area contributed by atoms with E-state index in [1.165, 1.54) is 36.5 Å². The van der Waals surface area contributed by atoms with E-state index in [0.717, 1.165) is 25.7 Å². The summed E-state index contributed by atoms with van der Waals surface area (Å²) in [4.78, 5) is 26.5. The van der Waals surface area contributed by atoms with E-state index in [9.17, 15) is 22.8 Å². The van der Waals surface area contributed by atoms with Gasteiger partial charge in [-0.25, -0.2) is 0 Å². The number of hydrogen-bond acceptors (Lipinski definition) is 6. The lowest BCUT2D eigenvalue weighted by atomic mass is 9.57. The Hall–Kier alpha value is -3.21. The average Bonchev–Trinajstić information content (AvgIpc) is 2.76. The van der Waals surface area contributed by atoms with Crippen LogP contribution in [0.1, 0.15) is 31.2 Å². The molecule has 180 valence electrons. The fourth-order valence-electron chi connectivity index (χ4n) is 4.32. The third kappa shape index (κ3) is 6.64. The summed E-state index contributed by atoms with van der Waals surface area (Å²) in [6.45, 7) is 1.46. The van der Waals surface area contributed by atoms with Gasteiger partial charge in [-0.05, 0) is 54.9 Å². The molecule has 1 aliphatic heterocycles. The van der Waals surface area contributed by atoms with Gasteiger partial charge >= 0.3 is 6.36 Å². The normalized spacial score (nSPS) is 18.8. The van der Waals surface area contributed by atoms with Gasteiger partial charge in [-0.2, -0.15) is 0 Å². The molecule has 0 unspecified atom stereocenters. The van der Waals surface area contributed by atoms with Gasteiger partial charge in [0.1, 0.15) is 5.75 Å². The van der Waals surface area contributed by atoms with Gasteiger partial charge in [0, 0.05) is 31.3 Å². The van der Waals surface area contributed by atoms with Gasteiger partial charge < -0.3 is 26.1 Å². The summed E-state index contributed by atoms with van der Waals surface area (Å²) < 4.78 is 40.5. The molecule has 1 saturated heterocycles. The Morgan fingerprint density at radius 2 is 1.82 bits per heavy atom. The van der Waals surface area contributed by atoms with Crippen LogP contribution < -0.4 is 27.1 Å². The second-order valence-electron chi connectivity index (χ2n) is 8.43. The number of hydrogen-bond donors (Lipinski definition) is 4.